The van der Waals surface area contributed by atoms with E-state index in [1.165, 1.54) is 0 Å². The van der Waals surface area contributed by atoms with E-state index in [0.717, 1.165) is 24.7 Å². The third-order valence-corrected chi connectivity index (χ3v) is 1.44. The summed E-state index contributed by atoms with van der Waals surface area (Å²) >= 11 is 0. The molecule has 1 aliphatic rings. The lowest BCUT2D eigenvalue weighted by atomic mass is 9.71. The fraction of sp³-hybridized carbons (Fsp3) is 0.667. The van der Waals surface area contributed by atoms with E-state index in [0.29, 0.717) is 5.82 Å². The SMILES string of the molecule is [B]C1=CCCC([B])C1. The molecule has 0 aromatic carbocycles. The Morgan fingerprint density at radius 1 is 1.62 bits per heavy atom. The first-order valence-corrected chi connectivity index (χ1v) is 2.99. The molecule has 0 aromatic heterocycles. The van der Waals surface area contributed by atoms with Gasteiger partial charge < -0.3 is 0 Å². The summed E-state index contributed by atoms with van der Waals surface area (Å²) in [4.78, 5) is 0. The van der Waals surface area contributed by atoms with Crippen LogP contribution in [0.2, 0.25) is 5.82 Å². The molecule has 0 saturated heterocycles. The molecular weight excluding hydrogens is 93.7 g/mol. The summed E-state index contributed by atoms with van der Waals surface area (Å²) in [6.07, 6.45) is 5.11. The Hall–Kier alpha value is -0.130. The molecule has 0 spiro atoms. The van der Waals surface area contributed by atoms with Crippen LogP contribution in [0.4, 0.5) is 0 Å². The van der Waals surface area contributed by atoms with Crippen LogP contribution in [0.1, 0.15) is 19.3 Å². The molecular formula is C6H8B2. The van der Waals surface area contributed by atoms with Crippen LogP contribution in [0.15, 0.2) is 11.5 Å². The van der Waals surface area contributed by atoms with E-state index < -0.39 is 0 Å². The molecule has 0 nitrogen and oxygen atoms in total. The zero-order valence-electron chi connectivity index (χ0n) is 4.93. The van der Waals surface area contributed by atoms with Gasteiger partial charge in [-0.05, 0) is 12.8 Å². The van der Waals surface area contributed by atoms with E-state index >= 15 is 0 Å². The fourth-order valence-corrected chi connectivity index (χ4v) is 0.971. The minimum Gasteiger partial charge on any atom is -0.122 e. The zero-order chi connectivity index (χ0) is 5.98. The number of allylic oxidation sites excluding steroid dienone is 2. The topological polar surface area (TPSA) is 0 Å². The molecule has 0 saturated carbocycles. The Morgan fingerprint density at radius 3 is 2.75 bits per heavy atom. The second kappa shape index (κ2) is 2.43. The van der Waals surface area contributed by atoms with Crippen molar-refractivity contribution in [2.75, 3.05) is 0 Å². The van der Waals surface area contributed by atoms with Crippen molar-refractivity contribution in [2.45, 2.75) is 25.1 Å². The molecule has 8 heavy (non-hydrogen) atoms. The summed E-state index contributed by atoms with van der Waals surface area (Å²) in [6, 6.07) is 0. The predicted molar refractivity (Wildman–Crippen MR) is 37.2 cm³/mol. The van der Waals surface area contributed by atoms with Gasteiger partial charge in [-0.15, -0.1) is 5.47 Å². The Morgan fingerprint density at radius 2 is 2.38 bits per heavy atom. The highest BCUT2D eigenvalue weighted by molar-refractivity contribution is 6.22. The number of hydrogen-bond acceptors (Lipinski definition) is 0. The largest absolute Gasteiger partial charge is 0.122 e. The summed E-state index contributed by atoms with van der Waals surface area (Å²) < 4.78 is 0. The van der Waals surface area contributed by atoms with Gasteiger partial charge in [-0.25, -0.2) is 0 Å². The van der Waals surface area contributed by atoms with Crippen molar-refractivity contribution < 1.29 is 0 Å². The van der Waals surface area contributed by atoms with Crippen molar-refractivity contribution in [1.29, 1.82) is 0 Å². The average Bonchev–Trinajstić information content (AvgIpc) is 1.64. The van der Waals surface area contributed by atoms with Gasteiger partial charge in [0.1, 0.15) is 7.85 Å². The van der Waals surface area contributed by atoms with Crippen molar-refractivity contribution in [3.05, 3.63) is 11.5 Å². The van der Waals surface area contributed by atoms with Crippen LogP contribution in [-0.2, 0) is 0 Å². The van der Waals surface area contributed by atoms with Crippen LogP contribution in [0.25, 0.3) is 0 Å². The number of hydrogen-bond donors (Lipinski definition) is 0. The molecule has 2 heteroatoms. The molecule has 0 N–H and O–H groups in total. The smallest absolute Gasteiger partial charge is 0.107 e. The van der Waals surface area contributed by atoms with Crippen molar-refractivity contribution in [1.82, 2.24) is 0 Å². The summed E-state index contributed by atoms with van der Waals surface area (Å²) in [6.45, 7) is 0. The Labute approximate surface area is 53.2 Å². The third kappa shape index (κ3) is 1.43. The summed E-state index contributed by atoms with van der Waals surface area (Å²) in [7, 11) is 11.1. The van der Waals surface area contributed by atoms with Gasteiger partial charge in [-0.3, -0.25) is 0 Å². The molecule has 0 fully saturated rings. The molecule has 4 radical (unpaired) electrons. The quantitative estimate of drug-likeness (QED) is 0.402. The van der Waals surface area contributed by atoms with Gasteiger partial charge in [0, 0.05) is 0 Å². The zero-order valence-corrected chi connectivity index (χ0v) is 4.93. The minimum absolute atomic E-state index is 0.319. The lowest BCUT2D eigenvalue weighted by Crippen LogP contribution is -1.99. The summed E-state index contributed by atoms with van der Waals surface area (Å²) in [5.41, 5.74) is 0.962. The molecule has 1 rings (SSSR count). The first-order chi connectivity index (χ1) is 3.79. The molecule has 1 aliphatic carbocycles. The van der Waals surface area contributed by atoms with E-state index in [2.05, 4.69) is 6.08 Å². The lowest BCUT2D eigenvalue weighted by molar-refractivity contribution is 0.719. The van der Waals surface area contributed by atoms with Crippen LogP contribution in [0.3, 0.4) is 0 Å². The summed E-state index contributed by atoms with van der Waals surface area (Å²) in [5, 5.41) is 0. The van der Waals surface area contributed by atoms with Gasteiger partial charge in [0.2, 0.25) is 0 Å². The second-order valence-electron chi connectivity index (χ2n) is 2.32. The maximum absolute atomic E-state index is 5.60. The van der Waals surface area contributed by atoms with Crippen LogP contribution in [-0.4, -0.2) is 15.7 Å². The lowest BCUT2D eigenvalue weighted by Gasteiger charge is -2.16. The van der Waals surface area contributed by atoms with Gasteiger partial charge in [0.05, 0.1) is 7.85 Å². The highest BCUT2D eigenvalue weighted by Gasteiger charge is 2.05. The normalized spacial score (nSPS) is 29.5. The highest BCUT2D eigenvalue weighted by atomic mass is 14.0. The first-order valence-electron chi connectivity index (χ1n) is 2.99. The molecule has 1 unspecified atom stereocenters. The van der Waals surface area contributed by atoms with E-state index in [9.17, 15) is 0 Å². The van der Waals surface area contributed by atoms with Crippen molar-refractivity contribution in [2.24, 2.45) is 0 Å². The molecule has 0 aliphatic heterocycles. The Balaban J connectivity index is 2.45. The van der Waals surface area contributed by atoms with Crippen LogP contribution < -0.4 is 0 Å². The maximum atomic E-state index is 5.60. The van der Waals surface area contributed by atoms with E-state index in [4.69, 9.17) is 15.7 Å². The van der Waals surface area contributed by atoms with Crippen molar-refractivity contribution in [3.8, 4) is 0 Å². The van der Waals surface area contributed by atoms with E-state index in [1.54, 1.807) is 0 Å². The van der Waals surface area contributed by atoms with Crippen molar-refractivity contribution >= 4 is 15.7 Å². The average molecular weight is 102 g/mol. The van der Waals surface area contributed by atoms with Crippen LogP contribution in [0.5, 0.6) is 0 Å². The van der Waals surface area contributed by atoms with Gasteiger partial charge in [0.15, 0.2) is 0 Å². The second-order valence-corrected chi connectivity index (χ2v) is 2.32. The fourth-order valence-electron chi connectivity index (χ4n) is 0.971. The molecule has 38 valence electrons. The van der Waals surface area contributed by atoms with E-state index in [1.807, 2.05) is 0 Å². The van der Waals surface area contributed by atoms with Gasteiger partial charge >= 0.3 is 0 Å². The third-order valence-electron chi connectivity index (χ3n) is 1.44. The molecule has 0 heterocycles. The predicted octanol–water partition coefficient (Wildman–Crippen LogP) is 1.18. The first kappa shape index (κ1) is 6.00. The number of rotatable bonds is 0. The van der Waals surface area contributed by atoms with Gasteiger partial charge in [-0.2, -0.15) is 0 Å². The Bertz CT molecular complexity index is 107. The van der Waals surface area contributed by atoms with Gasteiger partial charge in [-0.1, -0.05) is 18.3 Å². The molecule has 0 aromatic rings. The highest BCUT2D eigenvalue weighted by Crippen LogP contribution is 2.23. The van der Waals surface area contributed by atoms with Crippen LogP contribution in [0, 0.1) is 0 Å². The Kier molecular flexibility index (Phi) is 1.82. The summed E-state index contributed by atoms with van der Waals surface area (Å²) in [5.74, 6) is 0.319. The van der Waals surface area contributed by atoms with Crippen LogP contribution >= 0.6 is 0 Å². The molecule has 0 bridgehead atoms. The molecule has 0 amide bonds. The monoisotopic (exact) mass is 102 g/mol. The van der Waals surface area contributed by atoms with Gasteiger partial charge in [0.25, 0.3) is 0 Å². The van der Waals surface area contributed by atoms with Crippen molar-refractivity contribution in [3.63, 3.8) is 0 Å². The minimum atomic E-state index is 0.319. The molecule has 1 atom stereocenters. The maximum Gasteiger partial charge on any atom is 0.107 e. The standard InChI is InChI=1S/C6H8B2/c7-5-2-1-3-6(8)4-5/h2,6H,1,3-4H2. The van der Waals surface area contributed by atoms with E-state index in [-0.39, 0.29) is 0 Å².